The number of Topliss-reactive ketones (excluding diaryl/α,β-unsaturated/α-hetero) is 1. The largest absolute Gasteiger partial charge is 0.507 e. The Labute approximate surface area is 192 Å². The summed E-state index contributed by atoms with van der Waals surface area (Å²) in [6.45, 7) is 8.68. The fourth-order valence-electron chi connectivity index (χ4n) is 4.16. The number of amides is 1. The highest BCUT2D eigenvalue weighted by Gasteiger charge is 2.46. The molecule has 2 saturated heterocycles. The molecule has 32 heavy (non-hydrogen) atoms. The molecule has 2 aliphatic heterocycles. The molecule has 7 nitrogen and oxygen atoms in total. The second-order valence-corrected chi connectivity index (χ2v) is 9.27. The van der Waals surface area contributed by atoms with E-state index in [9.17, 15) is 14.7 Å². The molecule has 0 bridgehead atoms. The number of rotatable bonds is 7. The van der Waals surface area contributed by atoms with Crippen molar-refractivity contribution in [2.75, 3.05) is 39.3 Å². The third kappa shape index (κ3) is 4.72. The summed E-state index contributed by atoms with van der Waals surface area (Å²) in [6, 6.07) is 10.2. The van der Waals surface area contributed by atoms with Gasteiger partial charge in [0.1, 0.15) is 11.5 Å². The predicted molar refractivity (Wildman–Crippen MR) is 125 cm³/mol. The van der Waals surface area contributed by atoms with Crippen molar-refractivity contribution in [2.24, 2.45) is 0 Å². The van der Waals surface area contributed by atoms with Crippen LogP contribution in [0, 0.1) is 0 Å². The second-order valence-electron chi connectivity index (χ2n) is 8.29. The lowest BCUT2D eigenvalue weighted by atomic mass is 10.00. The maximum atomic E-state index is 13.0. The number of aliphatic hydroxyl groups excluding tert-OH is 1. The monoisotopic (exact) mass is 455 g/mol. The van der Waals surface area contributed by atoms with Crippen molar-refractivity contribution in [1.29, 1.82) is 0 Å². The molecule has 0 radical (unpaired) electrons. The van der Waals surface area contributed by atoms with Crippen LogP contribution in [0.15, 0.2) is 47.4 Å². The molecule has 0 saturated carbocycles. The lowest BCUT2D eigenvalue weighted by Gasteiger charge is -2.30. The molecule has 2 fully saturated rings. The highest BCUT2D eigenvalue weighted by Crippen LogP contribution is 2.41. The highest BCUT2D eigenvalue weighted by atomic mass is 32.1. The van der Waals surface area contributed by atoms with Gasteiger partial charge >= 0.3 is 0 Å². The minimum absolute atomic E-state index is 0.0364. The van der Waals surface area contributed by atoms with Crippen molar-refractivity contribution in [3.63, 3.8) is 0 Å². The molecule has 0 aliphatic carbocycles. The minimum atomic E-state index is -0.635. The number of nitrogens with one attached hydrogen (secondary N) is 1. The van der Waals surface area contributed by atoms with Gasteiger partial charge in [0.05, 0.1) is 17.7 Å². The Bertz CT molecular complexity index is 979. The normalized spacial score (nSPS) is 21.5. The van der Waals surface area contributed by atoms with Gasteiger partial charge in [-0.1, -0.05) is 6.07 Å². The van der Waals surface area contributed by atoms with Gasteiger partial charge in [-0.05, 0) is 49.6 Å². The van der Waals surface area contributed by atoms with E-state index in [1.165, 1.54) is 11.3 Å². The number of likely N-dealkylation sites (tertiary alicyclic amines) is 1. The van der Waals surface area contributed by atoms with E-state index in [-0.39, 0.29) is 17.4 Å². The maximum Gasteiger partial charge on any atom is 0.295 e. The Morgan fingerprint density at radius 3 is 2.50 bits per heavy atom. The number of carbonyl (C=O) groups is 2. The van der Waals surface area contributed by atoms with Crippen LogP contribution in [0.1, 0.15) is 30.3 Å². The summed E-state index contributed by atoms with van der Waals surface area (Å²) >= 11 is 1.48. The second kappa shape index (κ2) is 9.85. The third-order valence-electron chi connectivity index (χ3n) is 5.72. The Morgan fingerprint density at radius 2 is 1.88 bits per heavy atom. The Morgan fingerprint density at radius 1 is 1.16 bits per heavy atom. The number of carbonyl (C=O) groups excluding carboxylic acids is 2. The van der Waals surface area contributed by atoms with Crippen LogP contribution in [-0.4, -0.2) is 72.0 Å². The Balaban J connectivity index is 1.64. The van der Waals surface area contributed by atoms with Gasteiger partial charge in [0.15, 0.2) is 0 Å². The maximum absolute atomic E-state index is 13.0. The topological polar surface area (TPSA) is 82.1 Å². The molecule has 8 heteroatoms. The molecule has 2 N–H and O–H groups in total. The SMILES string of the molecule is CC(C)Oc1ccc(C(O)=C2C(=O)C(=O)N(CCN3CCNCC3)[C@H]2c2cccs2)cc1. The molecule has 3 heterocycles. The quantitative estimate of drug-likeness (QED) is 0.380. The first-order chi connectivity index (χ1) is 15.5. The van der Waals surface area contributed by atoms with Gasteiger partial charge in [0, 0.05) is 49.7 Å². The summed E-state index contributed by atoms with van der Waals surface area (Å²) in [7, 11) is 0. The summed E-state index contributed by atoms with van der Waals surface area (Å²) in [5.74, 6) is -0.658. The van der Waals surface area contributed by atoms with Gasteiger partial charge in [-0.15, -0.1) is 11.3 Å². The van der Waals surface area contributed by atoms with Gasteiger partial charge < -0.3 is 20.1 Å². The lowest BCUT2D eigenvalue weighted by molar-refractivity contribution is -0.140. The van der Waals surface area contributed by atoms with Crippen LogP contribution in [0.5, 0.6) is 5.75 Å². The molecule has 4 rings (SSSR count). The van der Waals surface area contributed by atoms with E-state index in [1.807, 2.05) is 31.4 Å². The van der Waals surface area contributed by atoms with Gasteiger partial charge in [-0.3, -0.25) is 14.5 Å². The van der Waals surface area contributed by atoms with E-state index in [1.54, 1.807) is 29.2 Å². The van der Waals surface area contributed by atoms with Crippen LogP contribution >= 0.6 is 11.3 Å². The van der Waals surface area contributed by atoms with E-state index in [0.717, 1.165) is 31.1 Å². The number of ketones is 1. The zero-order valence-corrected chi connectivity index (χ0v) is 19.2. The lowest BCUT2D eigenvalue weighted by Crippen LogP contribution is -2.46. The zero-order chi connectivity index (χ0) is 22.7. The van der Waals surface area contributed by atoms with E-state index in [0.29, 0.717) is 24.4 Å². The molecule has 170 valence electrons. The number of hydrogen-bond acceptors (Lipinski definition) is 7. The number of aliphatic hydroxyl groups is 1. The Kier molecular flexibility index (Phi) is 6.93. The van der Waals surface area contributed by atoms with Crippen LogP contribution in [0.25, 0.3) is 5.76 Å². The minimum Gasteiger partial charge on any atom is -0.507 e. The summed E-state index contributed by atoms with van der Waals surface area (Å²) in [4.78, 5) is 30.8. The average Bonchev–Trinajstić information content (AvgIpc) is 3.40. The van der Waals surface area contributed by atoms with Gasteiger partial charge in [-0.2, -0.15) is 0 Å². The molecule has 1 aromatic heterocycles. The fourth-order valence-corrected chi connectivity index (χ4v) is 5.00. The number of hydrogen-bond donors (Lipinski definition) is 2. The first kappa shape index (κ1) is 22.5. The van der Waals surface area contributed by atoms with Crippen molar-refractivity contribution in [3.8, 4) is 5.75 Å². The molecule has 1 aromatic carbocycles. The summed E-state index contributed by atoms with van der Waals surface area (Å²) in [6.07, 6.45) is 0.0364. The first-order valence-corrected chi connectivity index (χ1v) is 11.9. The third-order valence-corrected chi connectivity index (χ3v) is 6.64. The predicted octanol–water partition coefficient (Wildman–Crippen LogP) is 2.86. The molecule has 0 unspecified atom stereocenters. The summed E-state index contributed by atoms with van der Waals surface area (Å²) < 4.78 is 5.66. The number of thiophene rings is 1. The average molecular weight is 456 g/mol. The zero-order valence-electron chi connectivity index (χ0n) is 18.4. The van der Waals surface area contributed by atoms with Crippen molar-refractivity contribution in [3.05, 3.63) is 57.8 Å². The van der Waals surface area contributed by atoms with Gasteiger partial charge in [0.2, 0.25) is 0 Å². The fraction of sp³-hybridized carbons (Fsp3) is 0.417. The van der Waals surface area contributed by atoms with Crippen LogP contribution < -0.4 is 10.1 Å². The van der Waals surface area contributed by atoms with Crippen LogP contribution in [0.4, 0.5) is 0 Å². The van der Waals surface area contributed by atoms with E-state index < -0.39 is 17.7 Å². The smallest absolute Gasteiger partial charge is 0.295 e. The molecule has 1 amide bonds. The highest BCUT2D eigenvalue weighted by molar-refractivity contribution is 7.10. The van der Waals surface area contributed by atoms with Gasteiger partial charge in [0.25, 0.3) is 11.7 Å². The molecule has 2 aromatic rings. The summed E-state index contributed by atoms with van der Waals surface area (Å²) in [5.41, 5.74) is 0.637. The van der Waals surface area contributed by atoms with E-state index in [4.69, 9.17) is 4.74 Å². The first-order valence-electron chi connectivity index (χ1n) is 11.0. The van der Waals surface area contributed by atoms with Crippen LogP contribution in [-0.2, 0) is 9.59 Å². The van der Waals surface area contributed by atoms with Crippen molar-refractivity contribution in [1.82, 2.24) is 15.1 Å². The number of piperazine rings is 1. The van der Waals surface area contributed by atoms with Crippen LogP contribution in [0.2, 0.25) is 0 Å². The van der Waals surface area contributed by atoms with Crippen molar-refractivity contribution in [2.45, 2.75) is 26.0 Å². The van der Waals surface area contributed by atoms with E-state index >= 15 is 0 Å². The summed E-state index contributed by atoms with van der Waals surface area (Å²) in [5, 5.41) is 16.4. The molecule has 0 spiro atoms. The molecule has 2 aliphatic rings. The number of ether oxygens (including phenoxy) is 1. The van der Waals surface area contributed by atoms with Crippen LogP contribution in [0.3, 0.4) is 0 Å². The molecule has 1 atom stereocenters. The van der Waals surface area contributed by atoms with E-state index in [2.05, 4.69) is 10.2 Å². The number of benzene rings is 1. The van der Waals surface area contributed by atoms with Crippen molar-refractivity contribution >= 4 is 28.8 Å². The Hall–Kier alpha value is -2.68. The number of nitrogens with zero attached hydrogens (tertiary/aromatic N) is 2. The molecular formula is C24H29N3O4S. The van der Waals surface area contributed by atoms with Gasteiger partial charge in [-0.25, -0.2) is 0 Å². The molecular weight excluding hydrogens is 426 g/mol. The van der Waals surface area contributed by atoms with Crippen molar-refractivity contribution < 1.29 is 19.4 Å². The standard InChI is InChI=1S/C24H29N3O4S/c1-16(2)31-18-7-5-17(6-8-18)22(28)20-21(19-4-3-15-32-19)27(24(30)23(20)29)14-13-26-11-9-25-10-12-26/h3-8,15-16,21,25,28H,9-14H2,1-2H3/t21-/m0/s1.